The van der Waals surface area contributed by atoms with Gasteiger partial charge in [0.25, 0.3) is 5.91 Å². The fourth-order valence-electron chi connectivity index (χ4n) is 3.75. The van der Waals surface area contributed by atoms with E-state index in [0.717, 1.165) is 0 Å². The van der Waals surface area contributed by atoms with Crippen LogP contribution < -0.4 is 14.8 Å². The van der Waals surface area contributed by atoms with E-state index < -0.39 is 0 Å². The van der Waals surface area contributed by atoms with E-state index in [9.17, 15) is 4.79 Å². The second-order valence-corrected chi connectivity index (χ2v) is 8.45. The van der Waals surface area contributed by atoms with Gasteiger partial charge in [-0.1, -0.05) is 26.0 Å². The number of hydrogen-bond acceptors (Lipinski definition) is 4. The number of ether oxygens (including phenoxy) is 2. The quantitative estimate of drug-likeness (QED) is 0.520. The largest absolute Gasteiger partial charge is 0.493 e. The van der Waals surface area contributed by atoms with Gasteiger partial charge >= 0.3 is 0 Å². The third-order valence-corrected chi connectivity index (χ3v) is 5.17. The van der Waals surface area contributed by atoms with Crippen molar-refractivity contribution in [2.75, 3.05) is 12.4 Å². The molecule has 0 saturated carbocycles. The molecule has 1 N–H and O–H groups in total. The van der Waals surface area contributed by atoms with Crippen molar-refractivity contribution in [3.8, 4) is 11.5 Å². The number of anilines is 1. The van der Waals surface area contributed by atoms with Crippen LogP contribution in [-0.2, 0) is 0 Å². The molecule has 0 aliphatic rings. The van der Waals surface area contributed by atoms with Crippen molar-refractivity contribution in [2.24, 2.45) is 0 Å². The van der Waals surface area contributed by atoms with Gasteiger partial charge in [-0.25, -0.2) is 0 Å². The van der Waals surface area contributed by atoms with Crippen molar-refractivity contribution in [1.82, 2.24) is 4.90 Å². The number of benzene rings is 2. The van der Waals surface area contributed by atoms with Crippen molar-refractivity contribution in [3.63, 3.8) is 0 Å². The van der Waals surface area contributed by atoms with Gasteiger partial charge in [-0.05, 0) is 70.4 Å². The lowest BCUT2D eigenvalue weighted by Gasteiger charge is -2.36. The Labute approximate surface area is 181 Å². The summed E-state index contributed by atoms with van der Waals surface area (Å²) in [5, 5.41) is 2.96. The molecule has 5 nitrogen and oxygen atoms in total. The van der Waals surface area contributed by atoms with E-state index in [2.05, 4.69) is 51.8 Å². The Morgan fingerprint density at radius 1 is 0.867 bits per heavy atom. The second-order valence-electron chi connectivity index (χ2n) is 8.45. The van der Waals surface area contributed by atoms with Crippen molar-refractivity contribution in [1.29, 1.82) is 0 Å². The Kier molecular flexibility index (Phi) is 8.30. The Hall–Kier alpha value is -2.53. The van der Waals surface area contributed by atoms with Crippen molar-refractivity contribution < 1.29 is 14.3 Å². The highest BCUT2D eigenvalue weighted by molar-refractivity contribution is 6.04. The second kappa shape index (κ2) is 10.5. The summed E-state index contributed by atoms with van der Waals surface area (Å²) in [5.74, 6) is 1.51. The van der Waals surface area contributed by atoms with Gasteiger partial charge in [0, 0.05) is 29.4 Å². The van der Waals surface area contributed by atoms with Gasteiger partial charge < -0.3 is 14.8 Å². The lowest BCUT2D eigenvalue weighted by molar-refractivity contribution is -0.00690. The Morgan fingerprint density at radius 3 is 1.97 bits per heavy atom. The summed E-state index contributed by atoms with van der Waals surface area (Å²) in [5.41, 5.74) is 2.49. The molecule has 30 heavy (non-hydrogen) atoms. The number of methoxy groups -OCH3 is 1. The van der Waals surface area contributed by atoms with Crippen LogP contribution in [0.4, 0.5) is 5.69 Å². The van der Waals surface area contributed by atoms with Crippen LogP contribution in [-0.4, -0.2) is 36.2 Å². The van der Waals surface area contributed by atoms with Gasteiger partial charge in [-0.2, -0.15) is 0 Å². The lowest BCUT2D eigenvalue weighted by Crippen LogP contribution is -2.46. The smallest absolute Gasteiger partial charge is 0.255 e. The fraction of sp³-hybridized carbons (Fsp3) is 0.480. The molecule has 1 atom stereocenters. The molecule has 0 aliphatic heterocycles. The first-order valence-electron chi connectivity index (χ1n) is 10.7. The monoisotopic (exact) mass is 412 g/mol. The molecule has 0 saturated heterocycles. The van der Waals surface area contributed by atoms with Crippen LogP contribution in [0.15, 0.2) is 42.5 Å². The highest BCUT2D eigenvalue weighted by Gasteiger charge is 2.23. The third-order valence-electron chi connectivity index (χ3n) is 5.17. The zero-order valence-corrected chi connectivity index (χ0v) is 19.5. The molecule has 0 heterocycles. The lowest BCUT2D eigenvalue weighted by atomic mass is 10.0. The third kappa shape index (κ3) is 5.99. The molecule has 0 spiro atoms. The normalized spacial score (nSPS) is 12.5. The van der Waals surface area contributed by atoms with Crippen LogP contribution in [0, 0.1) is 0 Å². The summed E-state index contributed by atoms with van der Waals surface area (Å²) in [6.07, 6.45) is -0.145. The predicted octanol–water partition coefficient (Wildman–Crippen LogP) is 5.91. The number of carbonyl (C=O) groups excluding carboxylic acids is 1. The van der Waals surface area contributed by atoms with Crippen LogP contribution >= 0.6 is 0 Å². The molecule has 0 aromatic heterocycles. The molecular weight excluding hydrogens is 376 g/mol. The molecule has 2 aromatic carbocycles. The molecule has 164 valence electrons. The first kappa shape index (κ1) is 23.7. The maximum Gasteiger partial charge on any atom is 0.255 e. The van der Waals surface area contributed by atoms with Gasteiger partial charge in [-0.15, -0.1) is 0 Å². The molecule has 0 radical (unpaired) electrons. The molecule has 2 aromatic rings. The minimum Gasteiger partial charge on any atom is -0.493 e. The van der Waals surface area contributed by atoms with Crippen LogP contribution in [0.3, 0.4) is 0 Å². The first-order chi connectivity index (χ1) is 14.1. The summed E-state index contributed by atoms with van der Waals surface area (Å²) in [6.45, 7) is 14.9. The van der Waals surface area contributed by atoms with Crippen molar-refractivity contribution in [2.45, 2.75) is 72.7 Å². The number of nitrogens with one attached hydrogen (secondary N) is 1. The molecular formula is C25H36N2O3. The van der Waals surface area contributed by atoms with Crippen LogP contribution in [0.2, 0.25) is 0 Å². The topological polar surface area (TPSA) is 50.8 Å². The highest BCUT2D eigenvalue weighted by Crippen LogP contribution is 2.32. The van der Waals surface area contributed by atoms with Crippen molar-refractivity contribution in [3.05, 3.63) is 53.6 Å². The van der Waals surface area contributed by atoms with Crippen LogP contribution in [0.1, 0.15) is 70.3 Å². The Balaban J connectivity index is 2.19. The summed E-state index contributed by atoms with van der Waals surface area (Å²) < 4.78 is 11.7. The predicted molar refractivity (Wildman–Crippen MR) is 124 cm³/mol. The maximum atomic E-state index is 12.7. The summed E-state index contributed by atoms with van der Waals surface area (Å²) in [7, 11) is 1.62. The minimum atomic E-state index is -0.152. The Bertz CT molecular complexity index is 821. The maximum absolute atomic E-state index is 12.7. The minimum absolute atomic E-state index is 0.145. The SMILES string of the molecule is COc1ccc(NC(=O)c2ccc(C(C)C)cc2)cc1OC(C)N(C(C)C)C(C)C. The Morgan fingerprint density at radius 2 is 1.47 bits per heavy atom. The van der Waals surface area contributed by atoms with Gasteiger partial charge in [0.05, 0.1) is 7.11 Å². The van der Waals surface area contributed by atoms with Gasteiger partial charge in [0.2, 0.25) is 0 Å². The molecule has 5 heteroatoms. The van der Waals surface area contributed by atoms with Crippen LogP contribution in [0.5, 0.6) is 11.5 Å². The number of carbonyl (C=O) groups is 1. The number of rotatable bonds is 9. The number of amides is 1. The first-order valence-corrected chi connectivity index (χ1v) is 10.7. The molecule has 1 unspecified atom stereocenters. The molecule has 0 bridgehead atoms. The van der Waals surface area contributed by atoms with E-state index in [1.54, 1.807) is 7.11 Å². The molecule has 0 aliphatic carbocycles. The van der Waals surface area contributed by atoms with E-state index in [1.807, 2.05) is 49.4 Å². The molecule has 0 fully saturated rings. The van der Waals surface area contributed by atoms with E-state index >= 15 is 0 Å². The standard InChI is InChI=1S/C25H36N2O3/c1-16(2)20-9-11-21(12-10-20)25(28)26-22-13-14-23(29-8)24(15-22)30-19(7)27(17(3)4)18(5)6/h9-19H,1-8H3,(H,26,28). The highest BCUT2D eigenvalue weighted by atomic mass is 16.5. The van der Waals surface area contributed by atoms with Crippen LogP contribution in [0.25, 0.3) is 0 Å². The zero-order valence-electron chi connectivity index (χ0n) is 19.5. The molecule has 1 amide bonds. The summed E-state index contributed by atoms with van der Waals surface area (Å²) in [4.78, 5) is 15.0. The summed E-state index contributed by atoms with van der Waals surface area (Å²) in [6, 6.07) is 13.8. The number of hydrogen-bond donors (Lipinski definition) is 1. The van der Waals surface area contributed by atoms with E-state index in [1.165, 1.54) is 5.56 Å². The zero-order chi connectivity index (χ0) is 22.4. The van der Waals surface area contributed by atoms with Crippen molar-refractivity contribution >= 4 is 11.6 Å². The average molecular weight is 413 g/mol. The van der Waals surface area contributed by atoms with Gasteiger partial charge in [0.1, 0.15) is 6.23 Å². The fourth-order valence-corrected chi connectivity index (χ4v) is 3.75. The number of nitrogens with zero attached hydrogens (tertiary/aromatic N) is 1. The van der Waals surface area contributed by atoms with Gasteiger partial charge in [-0.3, -0.25) is 9.69 Å². The van der Waals surface area contributed by atoms with E-state index in [0.29, 0.717) is 40.8 Å². The average Bonchev–Trinajstić information content (AvgIpc) is 2.67. The summed E-state index contributed by atoms with van der Waals surface area (Å²) >= 11 is 0. The van der Waals surface area contributed by atoms with Gasteiger partial charge in [0.15, 0.2) is 11.5 Å². The molecule has 2 rings (SSSR count). The van der Waals surface area contributed by atoms with E-state index in [-0.39, 0.29) is 12.1 Å². The van der Waals surface area contributed by atoms with E-state index in [4.69, 9.17) is 9.47 Å².